The molecule has 5 heteroatoms. The van der Waals surface area contributed by atoms with E-state index in [-0.39, 0.29) is 6.04 Å². The predicted octanol–water partition coefficient (Wildman–Crippen LogP) is 4.14. The van der Waals surface area contributed by atoms with Gasteiger partial charge in [0.15, 0.2) is 0 Å². The third kappa shape index (κ3) is 4.08. The van der Waals surface area contributed by atoms with E-state index in [1.807, 2.05) is 18.5 Å². The monoisotopic (exact) mass is 299 g/mol. The van der Waals surface area contributed by atoms with Crippen LogP contribution in [-0.4, -0.2) is 13.1 Å². The van der Waals surface area contributed by atoms with Crippen LogP contribution in [0.1, 0.15) is 16.7 Å². The molecule has 0 aliphatic rings. The SMILES string of the molecule is CNC(Cc1ccsc1)Cc1cccc(C(F)(F)F)c1. The Morgan fingerprint density at radius 2 is 1.90 bits per heavy atom. The Balaban J connectivity index is 2.07. The zero-order chi connectivity index (χ0) is 14.6. The summed E-state index contributed by atoms with van der Waals surface area (Å²) in [6, 6.07) is 7.73. The lowest BCUT2D eigenvalue weighted by Crippen LogP contribution is -2.29. The molecule has 1 aromatic heterocycles. The molecular weight excluding hydrogens is 283 g/mol. The number of hydrogen-bond donors (Lipinski definition) is 1. The molecule has 1 nitrogen and oxygen atoms in total. The highest BCUT2D eigenvalue weighted by atomic mass is 32.1. The van der Waals surface area contributed by atoms with Crippen LogP contribution in [0.3, 0.4) is 0 Å². The summed E-state index contributed by atoms with van der Waals surface area (Å²) in [7, 11) is 1.84. The van der Waals surface area contributed by atoms with Crippen molar-refractivity contribution < 1.29 is 13.2 Å². The maximum absolute atomic E-state index is 12.7. The number of thiophene rings is 1. The second-order valence-electron chi connectivity index (χ2n) is 4.72. The van der Waals surface area contributed by atoms with Crippen molar-refractivity contribution in [1.29, 1.82) is 0 Å². The van der Waals surface area contributed by atoms with Crippen molar-refractivity contribution in [3.05, 3.63) is 57.8 Å². The van der Waals surface area contributed by atoms with Crippen LogP contribution < -0.4 is 5.32 Å². The second kappa shape index (κ2) is 6.41. The van der Waals surface area contributed by atoms with Gasteiger partial charge in [-0.25, -0.2) is 0 Å². The molecular formula is C15H16F3NS. The third-order valence-corrected chi connectivity index (χ3v) is 3.94. The molecule has 0 spiro atoms. The molecule has 0 aliphatic heterocycles. The van der Waals surface area contributed by atoms with E-state index in [2.05, 4.69) is 10.7 Å². The van der Waals surface area contributed by atoms with Crippen molar-refractivity contribution in [2.75, 3.05) is 7.05 Å². The van der Waals surface area contributed by atoms with Crippen LogP contribution in [0.25, 0.3) is 0 Å². The number of hydrogen-bond acceptors (Lipinski definition) is 2. The minimum Gasteiger partial charge on any atom is -0.316 e. The van der Waals surface area contributed by atoms with E-state index in [1.54, 1.807) is 17.4 Å². The van der Waals surface area contributed by atoms with E-state index in [0.717, 1.165) is 12.5 Å². The van der Waals surface area contributed by atoms with Crippen molar-refractivity contribution in [3.8, 4) is 0 Å². The lowest BCUT2D eigenvalue weighted by Gasteiger charge is -2.16. The van der Waals surface area contributed by atoms with Gasteiger partial charge in [-0.05, 0) is 53.9 Å². The summed E-state index contributed by atoms with van der Waals surface area (Å²) < 4.78 is 38.0. The Hall–Kier alpha value is -1.33. The number of benzene rings is 1. The van der Waals surface area contributed by atoms with Crippen molar-refractivity contribution in [2.45, 2.75) is 25.1 Å². The van der Waals surface area contributed by atoms with Crippen LogP contribution in [-0.2, 0) is 19.0 Å². The summed E-state index contributed by atoms with van der Waals surface area (Å²) >= 11 is 1.63. The first-order valence-electron chi connectivity index (χ1n) is 6.33. The molecule has 1 N–H and O–H groups in total. The Morgan fingerprint density at radius 1 is 1.15 bits per heavy atom. The number of likely N-dealkylation sites (N-methyl/N-ethyl adjacent to an activating group) is 1. The van der Waals surface area contributed by atoms with Crippen LogP contribution in [0.15, 0.2) is 41.1 Å². The fraction of sp³-hybridized carbons (Fsp3) is 0.333. The molecule has 1 aromatic carbocycles. The van der Waals surface area contributed by atoms with Gasteiger partial charge in [0.25, 0.3) is 0 Å². The number of halogens is 3. The molecule has 0 fully saturated rings. The Bertz CT molecular complexity index is 534. The molecule has 20 heavy (non-hydrogen) atoms. The van der Waals surface area contributed by atoms with Gasteiger partial charge >= 0.3 is 6.18 Å². The van der Waals surface area contributed by atoms with Gasteiger partial charge in [0.2, 0.25) is 0 Å². The van der Waals surface area contributed by atoms with Gasteiger partial charge < -0.3 is 5.32 Å². The zero-order valence-corrected chi connectivity index (χ0v) is 11.9. The van der Waals surface area contributed by atoms with Gasteiger partial charge in [-0.15, -0.1) is 0 Å². The summed E-state index contributed by atoms with van der Waals surface area (Å²) in [5.74, 6) is 0. The molecule has 0 radical (unpaired) electrons. The molecule has 2 aromatic rings. The van der Waals surface area contributed by atoms with Gasteiger partial charge in [-0.2, -0.15) is 24.5 Å². The molecule has 0 bridgehead atoms. The minimum atomic E-state index is -4.28. The van der Waals surface area contributed by atoms with E-state index >= 15 is 0 Å². The van der Waals surface area contributed by atoms with Crippen LogP contribution in [0.4, 0.5) is 13.2 Å². The maximum atomic E-state index is 12.7. The highest BCUT2D eigenvalue weighted by Gasteiger charge is 2.30. The maximum Gasteiger partial charge on any atom is 0.416 e. The van der Waals surface area contributed by atoms with Crippen molar-refractivity contribution in [1.82, 2.24) is 5.32 Å². The van der Waals surface area contributed by atoms with E-state index in [4.69, 9.17) is 0 Å². The van der Waals surface area contributed by atoms with Gasteiger partial charge in [-0.1, -0.05) is 18.2 Å². The van der Waals surface area contributed by atoms with Crippen LogP contribution in [0, 0.1) is 0 Å². The van der Waals surface area contributed by atoms with Crippen LogP contribution >= 0.6 is 11.3 Å². The number of alkyl halides is 3. The largest absolute Gasteiger partial charge is 0.416 e. The lowest BCUT2D eigenvalue weighted by atomic mass is 9.99. The first-order valence-corrected chi connectivity index (χ1v) is 7.28. The first kappa shape index (κ1) is 15.1. The summed E-state index contributed by atoms with van der Waals surface area (Å²) in [4.78, 5) is 0. The summed E-state index contributed by atoms with van der Waals surface area (Å²) in [6.07, 6.45) is -2.88. The van der Waals surface area contributed by atoms with Crippen molar-refractivity contribution >= 4 is 11.3 Å². The highest BCUT2D eigenvalue weighted by Crippen LogP contribution is 2.29. The summed E-state index contributed by atoms with van der Waals surface area (Å²) in [5.41, 5.74) is 1.33. The third-order valence-electron chi connectivity index (χ3n) is 3.21. The molecule has 0 aliphatic carbocycles. The second-order valence-corrected chi connectivity index (χ2v) is 5.50. The van der Waals surface area contributed by atoms with E-state index in [0.29, 0.717) is 12.0 Å². The molecule has 108 valence electrons. The average molecular weight is 299 g/mol. The van der Waals surface area contributed by atoms with E-state index in [9.17, 15) is 13.2 Å². The van der Waals surface area contributed by atoms with Gasteiger partial charge in [-0.3, -0.25) is 0 Å². The standard InChI is InChI=1S/C15H16F3NS/c1-19-14(9-12-5-6-20-10-12)8-11-3-2-4-13(7-11)15(16,17)18/h2-7,10,14,19H,8-9H2,1H3. The van der Waals surface area contributed by atoms with Crippen LogP contribution in [0.2, 0.25) is 0 Å². The number of nitrogens with one attached hydrogen (secondary N) is 1. The van der Waals surface area contributed by atoms with E-state index < -0.39 is 11.7 Å². The van der Waals surface area contributed by atoms with Gasteiger partial charge in [0.1, 0.15) is 0 Å². The smallest absolute Gasteiger partial charge is 0.316 e. The molecule has 1 heterocycles. The molecule has 0 saturated carbocycles. The predicted molar refractivity (Wildman–Crippen MR) is 76.0 cm³/mol. The first-order chi connectivity index (χ1) is 9.49. The van der Waals surface area contributed by atoms with Crippen molar-refractivity contribution in [2.24, 2.45) is 0 Å². The number of rotatable bonds is 5. The Morgan fingerprint density at radius 3 is 2.50 bits per heavy atom. The molecule has 0 saturated heterocycles. The summed E-state index contributed by atoms with van der Waals surface area (Å²) in [5, 5.41) is 7.24. The lowest BCUT2D eigenvalue weighted by molar-refractivity contribution is -0.137. The summed E-state index contributed by atoms with van der Waals surface area (Å²) in [6.45, 7) is 0. The van der Waals surface area contributed by atoms with Crippen LogP contribution in [0.5, 0.6) is 0 Å². The molecule has 1 unspecified atom stereocenters. The fourth-order valence-electron chi connectivity index (χ4n) is 2.13. The molecule has 1 atom stereocenters. The normalized spacial score (nSPS) is 13.4. The minimum absolute atomic E-state index is 0.132. The van der Waals surface area contributed by atoms with Gasteiger partial charge in [0, 0.05) is 6.04 Å². The Kier molecular flexibility index (Phi) is 4.83. The van der Waals surface area contributed by atoms with Crippen molar-refractivity contribution in [3.63, 3.8) is 0 Å². The quantitative estimate of drug-likeness (QED) is 0.875. The van der Waals surface area contributed by atoms with E-state index in [1.165, 1.54) is 17.7 Å². The van der Waals surface area contributed by atoms with Gasteiger partial charge in [0.05, 0.1) is 5.56 Å². The Labute approximate surface area is 120 Å². The highest BCUT2D eigenvalue weighted by molar-refractivity contribution is 7.07. The zero-order valence-electron chi connectivity index (χ0n) is 11.1. The fourth-order valence-corrected chi connectivity index (χ4v) is 2.81. The molecule has 2 rings (SSSR count). The topological polar surface area (TPSA) is 12.0 Å². The molecule has 0 amide bonds. The average Bonchev–Trinajstić information content (AvgIpc) is 2.90.